The van der Waals surface area contributed by atoms with E-state index in [1.54, 1.807) is 0 Å². The molecule has 1 aromatic heterocycles. The minimum absolute atomic E-state index is 0.0195. The highest BCUT2D eigenvalue weighted by Gasteiger charge is 2.35. The van der Waals surface area contributed by atoms with Gasteiger partial charge in [-0.25, -0.2) is 9.18 Å². The monoisotopic (exact) mass is 625 g/mol. The lowest BCUT2D eigenvalue weighted by Crippen LogP contribution is -2.44. The smallest absolute Gasteiger partial charge is 0.308 e. The van der Waals surface area contributed by atoms with Crippen LogP contribution in [-0.4, -0.2) is 15.7 Å². The number of hydrogen-bond donors (Lipinski definition) is 1. The molecule has 1 heterocycles. The topological polar surface area (TPSA) is 56.0 Å². The molecule has 0 radical (unpaired) electrons. The largest absolute Gasteiger partial charge is 0.416 e. The first-order chi connectivity index (χ1) is 18.8. The van der Waals surface area contributed by atoms with Gasteiger partial charge in [0.05, 0.1) is 24.7 Å². The second kappa shape index (κ2) is 15.1. The molecule has 0 aliphatic carbocycles. The Morgan fingerprint density at radius 2 is 1.68 bits per heavy atom. The number of aromatic nitrogens is 2. The average Bonchev–Trinajstić information content (AvgIpc) is 2.90. The number of halogens is 5. The Hall–Kier alpha value is -2.98. The Morgan fingerprint density at radius 1 is 1.05 bits per heavy atom. The van der Waals surface area contributed by atoms with Crippen molar-refractivity contribution < 1.29 is 17.6 Å². The molecule has 3 rings (SSSR count). The predicted molar refractivity (Wildman–Crippen MR) is 155 cm³/mol. The summed E-state index contributed by atoms with van der Waals surface area (Å²) in [5, 5.41) is 3.36. The molecule has 1 N–H and O–H groups in total. The van der Waals surface area contributed by atoms with Crippen molar-refractivity contribution >= 4 is 15.9 Å². The quantitative estimate of drug-likeness (QED) is 0.145. The highest BCUT2D eigenvalue weighted by molar-refractivity contribution is 9.10. The summed E-state index contributed by atoms with van der Waals surface area (Å²) in [6, 6.07) is 11.5. The molecule has 0 bridgehead atoms. The van der Waals surface area contributed by atoms with Gasteiger partial charge in [0.25, 0.3) is 5.56 Å². The van der Waals surface area contributed by atoms with Gasteiger partial charge in [-0.15, -0.1) is 6.58 Å². The summed E-state index contributed by atoms with van der Waals surface area (Å²) in [7, 11) is 0. The van der Waals surface area contributed by atoms with E-state index in [-0.39, 0.29) is 16.7 Å². The molecule has 1 atom stereocenters. The second-order valence-corrected chi connectivity index (χ2v) is 10.4. The van der Waals surface area contributed by atoms with Crippen molar-refractivity contribution in [2.45, 2.75) is 72.3 Å². The number of rotatable bonds is 10. The van der Waals surface area contributed by atoms with Gasteiger partial charge in [-0.2, -0.15) is 13.2 Å². The lowest BCUT2D eigenvalue weighted by Gasteiger charge is -2.22. The van der Waals surface area contributed by atoms with Crippen molar-refractivity contribution in [3.05, 3.63) is 114 Å². The second-order valence-electron chi connectivity index (χ2n) is 9.63. The van der Waals surface area contributed by atoms with Crippen LogP contribution in [0.4, 0.5) is 17.6 Å². The zero-order valence-corrected chi connectivity index (χ0v) is 24.8. The summed E-state index contributed by atoms with van der Waals surface area (Å²) in [4.78, 5) is 26.6. The van der Waals surface area contributed by atoms with Gasteiger partial charge in [0.2, 0.25) is 0 Å². The maximum Gasteiger partial charge on any atom is 0.416 e. The van der Waals surface area contributed by atoms with Crippen molar-refractivity contribution in [1.82, 2.24) is 14.5 Å². The Balaban J connectivity index is 0.00000178. The molecular weight excluding hydrogens is 590 g/mol. The zero-order valence-electron chi connectivity index (χ0n) is 23.2. The summed E-state index contributed by atoms with van der Waals surface area (Å²) < 4.78 is 57.3. The Bertz CT molecular complexity index is 1400. The van der Waals surface area contributed by atoms with Crippen LogP contribution in [0.3, 0.4) is 0 Å². The fourth-order valence-electron chi connectivity index (χ4n) is 4.08. The van der Waals surface area contributed by atoms with Crippen LogP contribution in [0.1, 0.15) is 68.5 Å². The molecule has 10 heteroatoms. The van der Waals surface area contributed by atoms with Gasteiger partial charge in [0, 0.05) is 11.3 Å². The molecular formula is C30H36BrF4N3O2. The molecule has 0 fully saturated rings. The van der Waals surface area contributed by atoms with E-state index in [9.17, 15) is 27.2 Å². The molecule has 0 aliphatic heterocycles. The SMILES string of the molecule is C=C(C)CCCNC(Cn1c(=O)c(Br)c(C)n(Cc2c(F)cccc2C(F)(F)F)c1=O)c1ccccc1.CCC. The van der Waals surface area contributed by atoms with E-state index in [1.165, 1.54) is 13.3 Å². The lowest BCUT2D eigenvalue weighted by molar-refractivity contribution is -0.138. The predicted octanol–water partition coefficient (Wildman–Crippen LogP) is 7.39. The summed E-state index contributed by atoms with van der Waals surface area (Å²) in [5.74, 6) is -1.09. The lowest BCUT2D eigenvalue weighted by atomic mass is 10.1. The molecule has 5 nitrogen and oxygen atoms in total. The van der Waals surface area contributed by atoms with Crippen molar-refractivity contribution in [3.63, 3.8) is 0 Å². The van der Waals surface area contributed by atoms with E-state index in [1.807, 2.05) is 37.3 Å². The number of hydrogen-bond acceptors (Lipinski definition) is 3. The number of benzene rings is 2. The summed E-state index contributed by atoms with van der Waals surface area (Å²) in [5.41, 5.74) is -1.32. The minimum atomic E-state index is -4.81. The minimum Gasteiger partial charge on any atom is -0.308 e. The molecule has 0 saturated heterocycles. The normalized spacial score (nSPS) is 12.0. The first-order valence-corrected chi connectivity index (χ1v) is 13.9. The Labute approximate surface area is 240 Å². The summed E-state index contributed by atoms with van der Waals surface area (Å²) in [6.07, 6.45) is -1.96. The molecule has 1 unspecified atom stereocenters. The third kappa shape index (κ3) is 8.76. The molecule has 0 aliphatic rings. The first kappa shape index (κ1) is 33.2. The maximum absolute atomic E-state index is 14.6. The fraction of sp³-hybridized carbons (Fsp3) is 0.400. The number of nitrogens with zero attached hydrogens (tertiary/aromatic N) is 2. The Kier molecular flexibility index (Phi) is 12.6. The van der Waals surface area contributed by atoms with E-state index in [0.717, 1.165) is 51.3 Å². The van der Waals surface area contributed by atoms with Crippen LogP contribution < -0.4 is 16.6 Å². The van der Waals surface area contributed by atoms with Crippen LogP contribution in [0, 0.1) is 12.7 Å². The van der Waals surface area contributed by atoms with E-state index < -0.39 is 47.0 Å². The highest BCUT2D eigenvalue weighted by atomic mass is 79.9. The van der Waals surface area contributed by atoms with E-state index in [2.05, 4.69) is 41.7 Å². The van der Waals surface area contributed by atoms with Crippen LogP contribution >= 0.6 is 15.9 Å². The Morgan fingerprint density at radius 3 is 2.25 bits per heavy atom. The van der Waals surface area contributed by atoms with Gasteiger partial charge in [-0.05, 0) is 66.9 Å². The van der Waals surface area contributed by atoms with Crippen LogP contribution in [0.25, 0.3) is 0 Å². The number of alkyl halides is 3. The molecule has 40 heavy (non-hydrogen) atoms. The number of nitrogens with one attached hydrogen (secondary N) is 1. The maximum atomic E-state index is 14.6. The van der Waals surface area contributed by atoms with Crippen LogP contribution in [0.2, 0.25) is 0 Å². The van der Waals surface area contributed by atoms with Crippen LogP contribution in [0.5, 0.6) is 0 Å². The van der Waals surface area contributed by atoms with Crippen molar-refractivity contribution in [2.24, 2.45) is 0 Å². The third-order valence-electron chi connectivity index (χ3n) is 6.10. The highest BCUT2D eigenvalue weighted by Crippen LogP contribution is 2.33. The van der Waals surface area contributed by atoms with Crippen LogP contribution in [-0.2, 0) is 19.3 Å². The van der Waals surface area contributed by atoms with Gasteiger partial charge in [0.15, 0.2) is 0 Å². The number of allylic oxidation sites excluding steroid dienone is 1. The molecule has 3 aromatic rings. The van der Waals surface area contributed by atoms with Crippen molar-refractivity contribution in [2.75, 3.05) is 6.54 Å². The van der Waals surface area contributed by atoms with E-state index in [0.29, 0.717) is 6.54 Å². The molecule has 0 spiro atoms. The zero-order chi connectivity index (χ0) is 30.0. The van der Waals surface area contributed by atoms with Gasteiger partial charge < -0.3 is 5.32 Å². The van der Waals surface area contributed by atoms with Crippen LogP contribution in [0.15, 0.2) is 74.7 Å². The van der Waals surface area contributed by atoms with Gasteiger partial charge >= 0.3 is 11.9 Å². The molecule has 0 saturated carbocycles. The molecule has 0 amide bonds. The van der Waals surface area contributed by atoms with E-state index >= 15 is 0 Å². The van der Waals surface area contributed by atoms with Gasteiger partial charge in [0.1, 0.15) is 10.3 Å². The fourth-order valence-corrected chi connectivity index (χ4v) is 4.51. The summed E-state index contributed by atoms with van der Waals surface area (Å²) >= 11 is 3.19. The third-order valence-corrected chi connectivity index (χ3v) is 7.01. The van der Waals surface area contributed by atoms with Gasteiger partial charge in [-0.3, -0.25) is 13.9 Å². The first-order valence-electron chi connectivity index (χ1n) is 13.1. The average molecular weight is 627 g/mol. The summed E-state index contributed by atoms with van der Waals surface area (Å²) in [6.45, 7) is 11.3. The standard InChI is InChI=1S/C27H28BrF4N3O2.C3H8/c1-17(2)9-8-14-33-23(19-10-5-4-6-11-19)16-35-25(36)24(28)18(3)34(26(35)37)15-20-21(27(30,31)32)12-7-13-22(20)29;1-3-2/h4-7,10-13,23,33H,1,8-9,14-16H2,2-3H3;3H2,1-2H3. The van der Waals surface area contributed by atoms with Gasteiger partial charge in [-0.1, -0.05) is 62.2 Å². The molecule has 2 aromatic carbocycles. The van der Waals surface area contributed by atoms with Crippen molar-refractivity contribution in [1.29, 1.82) is 0 Å². The molecule has 218 valence electrons. The van der Waals surface area contributed by atoms with E-state index in [4.69, 9.17) is 0 Å². The van der Waals surface area contributed by atoms with Crippen molar-refractivity contribution in [3.8, 4) is 0 Å².